The summed E-state index contributed by atoms with van der Waals surface area (Å²) < 4.78 is 9.94. The monoisotopic (exact) mass is 209 g/mol. The minimum atomic E-state index is -0.263. The van der Waals surface area contributed by atoms with E-state index in [0.29, 0.717) is 13.1 Å². The van der Waals surface area contributed by atoms with Crippen LogP contribution in [0, 0.1) is 5.41 Å². The molecule has 1 aliphatic carbocycles. The number of carbonyl (C=O) groups excluding carboxylic acids is 1. The second kappa shape index (κ2) is 4.06. The van der Waals surface area contributed by atoms with Crippen molar-refractivity contribution < 1.29 is 13.9 Å². The number of rotatable bonds is 5. The van der Waals surface area contributed by atoms with Crippen molar-refractivity contribution >= 4 is 5.97 Å². The Hall–Kier alpha value is -1.29. The largest absolute Gasteiger partial charge is 0.469 e. The van der Waals surface area contributed by atoms with Crippen molar-refractivity contribution in [3.8, 4) is 0 Å². The molecule has 0 unspecified atom stereocenters. The number of hydrogen-bond acceptors (Lipinski definition) is 4. The lowest BCUT2D eigenvalue weighted by atomic mass is 10.1. The molecule has 0 aromatic carbocycles. The van der Waals surface area contributed by atoms with Crippen LogP contribution in [0.3, 0.4) is 0 Å². The fourth-order valence-electron chi connectivity index (χ4n) is 1.66. The molecule has 82 valence electrons. The molecule has 2 rings (SSSR count). The molecule has 1 saturated carbocycles. The highest BCUT2D eigenvalue weighted by Crippen LogP contribution is 2.46. The third-order valence-corrected chi connectivity index (χ3v) is 2.81. The Morgan fingerprint density at radius 1 is 1.67 bits per heavy atom. The number of furan rings is 1. The molecule has 0 bridgehead atoms. The van der Waals surface area contributed by atoms with Gasteiger partial charge in [-0.25, -0.2) is 0 Å². The molecule has 0 saturated heterocycles. The van der Waals surface area contributed by atoms with Gasteiger partial charge in [0.05, 0.1) is 25.3 Å². The summed E-state index contributed by atoms with van der Waals surface area (Å²) >= 11 is 0. The molecule has 1 fully saturated rings. The molecule has 1 N–H and O–H groups in total. The zero-order valence-corrected chi connectivity index (χ0v) is 8.79. The summed E-state index contributed by atoms with van der Waals surface area (Å²) in [5.41, 5.74) is -0.263. The van der Waals surface area contributed by atoms with Gasteiger partial charge >= 0.3 is 5.97 Å². The third-order valence-electron chi connectivity index (χ3n) is 2.81. The van der Waals surface area contributed by atoms with Gasteiger partial charge in [-0.1, -0.05) is 0 Å². The second-order valence-electron chi connectivity index (χ2n) is 3.95. The number of methoxy groups -OCH3 is 1. The van der Waals surface area contributed by atoms with Crippen LogP contribution in [0.4, 0.5) is 0 Å². The van der Waals surface area contributed by atoms with Crippen LogP contribution in [0.2, 0.25) is 0 Å². The van der Waals surface area contributed by atoms with Crippen molar-refractivity contribution in [3.05, 3.63) is 24.2 Å². The maximum absolute atomic E-state index is 11.4. The SMILES string of the molecule is COC(=O)C1(CNCc2ccco2)CC1. The summed E-state index contributed by atoms with van der Waals surface area (Å²) in [4.78, 5) is 11.4. The average Bonchev–Trinajstić information content (AvgIpc) is 2.86. The standard InChI is InChI=1S/C11H15NO3/c1-14-10(13)11(4-5-11)8-12-7-9-3-2-6-15-9/h2-3,6,12H,4-5,7-8H2,1H3. The average molecular weight is 209 g/mol. The van der Waals surface area contributed by atoms with E-state index in [4.69, 9.17) is 9.15 Å². The van der Waals surface area contributed by atoms with Crippen molar-refractivity contribution in [1.82, 2.24) is 5.32 Å². The fraction of sp³-hybridized carbons (Fsp3) is 0.545. The number of hydrogen-bond donors (Lipinski definition) is 1. The molecule has 4 heteroatoms. The van der Waals surface area contributed by atoms with Gasteiger partial charge in [0, 0.05) is 6.54 Å². The minimum Gasteiger partial charge on any atom is -0.469 e. The van der Waals surface area contributed by atoms with E-state index in [9.17, 15) is 4.79 Å². The predicted octanol–water partition coefficient (Wildman–Crippen LogP) is 1.32. The Balaban J connectivity index is 1.77. The maximum Gasteiger partial charge on any atom is 0.313 e. The van der Waals surface area contributed by atoms with Gasteiger partial charge in [-0.3, -0.25) is 4.79 Å². The first kappa shape index (κ1) is 10.2. The van der Waals surface area contributed by atoms with Crippen LogP contribution in [-0.2, 0) is 16.1 Å². The summed E-state index contributed by atoms with van der Waals surface area (Å²) in [6, 6.07) is 3.76. The second-order valence-corrected chi connectivity index (χ2v) is 3.95. The van der Waals surface area contributed by atoms with Gasteiger partial charge < -0.3 is 14.5 Å². The van der Waals surface area contributed by atoms with E-state index in [1.165, 1.54) is 7.11 Å². The van der Waals surface area contributed by atoms with Gasteiger partial charge in [-0.05, 0) is 25.0 Å². The van der Waals surface area contributed by atoms with Gasteiger partial charge in [0.1, 0.15) is 5.76 Å². The topological polar surface area (TPSA) is 51.5 Å². The molecular weight excluding hydrogens is 194 g/mol. The quantitative estimate of drug-likeness (QED) is 0.743. The zero-order chi connectivity index (χ0) is 10.7. The predicted molar refractivity (Wildman–Crippen MR) is 54.1 cm³/mol. The normalized spacial score (nSPS) is 17.4. The molecule has 0 atom stereocenters. The lowest BCUT2D eigenvalue weighted by Gasteiger charge is -2.12. The number of esters is 1. The van der Waals surface area contributed by atoms with Crippen LogP contribution >= 0.6 is 0 Å². The Labute approximate surface area is 88.6 Å². The summed E-state index contributed by atoms with van der Waals surface area (Å²) in [5.74, 6) is 0.783. The first-order valence-electron chi connectivity index (χ1n) is 5.08. The highest BCUT2D eigenvalue weighted by atomic mass is 16.5. The van der Waals surface area contributed by atoms with Crippen LogP contribution in [0.25, 0.3) is 0 Å². The lowest BCUT2D eigenvalue weighted by Crippen LogP contribution is -2.30. The Morgan fingerprint density at radius 3 is 3.00 bits per heavy atom. The highest BCUT2D eigenvalue weighted by Gasteiger charge is 2.50. The molecule has 1 aromatic heterocycles. The van der Waals surface area contributed by atoms with Crippen molar-refractivity contribution in [2.45, 2.75) is 19.4 Å². The van der Waals surface area contributed by atoms with E-state index >= 15 is 0 Å². The number of nitrogens with one attached hydrogen (secondary N) is 1. The molecule has 1 aliphatic rings. The molecule has 0 aliphatic heterocycles. The van der Waals surface area contributed by atoms with Gasteiger partial charge in [-0.15, -0.1) is 0 Å². The van der Waals surface area contributed by atoms with Gasteiger partial charge in [0.2, 0.25) is 0 Å². The number of ether oxygens (including phenoxy) is 1. The van der Waals surface area contributed by atoms with Crippen molar-refractivity contribution in [2.75, 3.05) is 13.7 Å². The van der Waals surface area contributed by atoms with E-state index in [-0.39, 0.29) is 11.4 Å². The van der Waals surface area contributed by atoms with E-state index in [0.717, 1.165) is 18.6 Å². The highest BCUT2D eigenvalue weighted by molar-refractivity contribution is 5.80. The molecule has 1 heterocycles. The molecular formula is C11H15NO3. The van der Waals surface area contributed by atoms with E-state index in [2.05, 4.69) is 5.32 Å². The minimum absolute atomic E-state index is 0.102. The van der Waals surface area contributed by atoms with E-state index in [1.54, 1.807) is 6.26 Å². The smallest absolute Gasteiger partial charge is 0.313 e. The molecule has 0 radical (unpaired) electrons. The van der Waals surface area contributed by atoms with Crippen LogP contribution in [0.5, 0.6) is 0 Å². The van der Waals surface area contributed by atoms with Gasteiger partial charge in [-0.2, -0.15) is 0 Å². The van der Waals surface area contributed by atoms with E-state index in [1.807, 2.05) is 12.1 Å². The Morgan fingerprint density at radius 2 is 2.47 bits per heavy atom. The molecule has 15 heavy (non-hydrogen) atoms. The lowest BCUT2D eigenvalue weighted by molar-refractivity contribution is -0.146. The first-order chi connectivity index (χ1) is 7.27. The molecule has 0 spiro atoms. The summed E-state index contributed by atoms with van der Waals surface area (Å²) in [6.45, 7) is 1.33. The van der Waals surface area contributed by atoms with Crippen LogP contribution in [0.1, 0.15) is 18.6 Å². The molecule has 4 nitrogen and oxygen atoms in total. The Bertz CT molecular complexity index is 328. The van der Waals surface area contributed by atoms with Crippen LogP contribution in [0.15, 0.2) is 22.8 Å². The van der Waals surface area contributed by atoms with E-state index < -0.39 is 0 Å². The van der Waals surface area contributed by atoms with Crippen molar-refractivity contribution in [1.29, 1.82) is 0 Å². The third kappa shape index (κ3) is 2.21. The van der Waals surface area contributed by atoms with Gasteiger partial charge in [0.15, 0.2) is 0 Å². The maximum atomic E-state index is 11.4. The summed E-state index contributed by atoms with van der Waals surface area (Å²) in [6.07, 6.45) is 3.49. The first-order valence-corrected chi connectivity index (χ1v) is 5.08. The molecule has 1 aromatic rings. The van der Waals surface area contributed by atoms with Crippen LogP contribution < -0.4 is 5.32 Å². The zero-order valence-electron chi connectivity index (χ0n) is 8.79. The summed E-state index contributed by atoms with van der Waals surface area (Å²) in [5, 5.41) is 3.21. The Kier molecular flexibility index (Phi) is 2.77. The fourth-order valence-corrected chi connectivity index (χ4v) is 1.66. The molecule has 0 amide bonds. The van der Waals surface area contributed by atoms with Gasteiger partial charge in [0.25, 0.3) is 0 Å². The van der Waals surface area contributed by atoms with Crippen molar-refractivity contribution in [3.63, 3.8) is 0 Å². The summed E-state index contributed by atoms with van der Waals surface area (Å²) in [7, 11) is 1.44. The van der Waals surface area contributed by atoms with Crippen LogP contribution in [-0.4, -0.2) is 19.6 Å². The number of carbonyl (C=O) groups is 1. The van der Waals surface area contributed by atoms with Crippen molar-refractivity contribution in [2.24, 2.45) is 5.41 Å².